The molecule has 0 fully saturated rings. The Balaban J connectivity index is 1.65. The average molecular weight is 414 g/mol. The number of nitro benzene ring substituents is 1. The van der Waals surface area contributed by atoms with Crippen LogP contribution in [0.4, 0.5) is 5.69 Å². The minimum atomic E-state index is -0.494. The van der Waals surface area contributed by atoms with Gasteiger partial charge in [-0.2, -0.15) is 5.10 Å². The van der Waals surface area contributed by atoms with Crippen molar-refractivity contribution < 1.29 is 14.1 Å². The standard InChI is InChI=1S/C18H12BrN3O4/c19-14-5-1-12(2-6-14)11-20-21-18(23)17-10-9-16(26-17)13-3-7-15(8-4-13)22(24)25/h1-11H,(H,21,23)/b20-11+. The number of carbonyl (C=O) groups is 1. The molecule has 2 aromatic carbocycles. The van der Waals surface area contributed by atoms with Crippen molar-refractivity contribution in [3.63, 3.8) is 0 Å². The molecule has 1 N–H and O–H groups in total. The van der Waals surface area contributed by atoms with Gasteiger partial charge in [0, 0.05) is 22.2 Å². The van der Waals surface area contributed by atoms with E-state index in [-0.39, 0.29) is 11.4 Å². The molecular weight excluding hydrogens is 402 g/mol. The maximum absolute atomic E-state index is 12.1. The minimum Gasteiger partial charge on any atom is -0.451 e. The third-order valence-corrected chi connectivity index (χ3v) is 3.97. The Morgan fingerprint density at radius 1 is 1.08 bits per heavy atom. The molecular formula is C18H12BrN3O4. The molecule has 1 aromatic heterocycles. The van der Waals surface area contributed by atoms with Gasteiger partial charge in [-0.25, -0.2) is 5.43 Å². The first kappa shape index (κ1) is 17.6. The molecule has 3 rings (SSSR count). The van der Waals surface area contributed by atoms with Crippen LogP contribution >= 0.6 is 15.9 Å². The van der Waals surface area contributed by atoms with E-state index >= 15 is 0 Å². The zero-order chi connectivity index (χ0) is 18.5. The first-order valence-electron chi connectivity index (χ1n) is 7.46. The van der Waals surface area contributed by atoms with Gasteiger partial charge in [0.15, 0.2) is 5.76 Å². The highest BCUT2D eigenvalue weighted by Gasteiger charge is 2.12. The van der Waals surface area contributed by atoms with Gasteiger partial charge in [-0.05, 0) is 42.0 Å². The molecule has 8 heteroatoms. The monoisotopic (exact) mass is 413 g/mol. The summed E-state index contributed by atoms with van der Waals surface area (Å²) in [6.07, 6.45) is 1.52. The highest BCUT2D eigenvalue weighted by Crippen LogP contribution is 2.24. The van der Waals surface area contributed by atoms with Crippen LogP contribution in [0, 0.1) is 10.1 Å². The van der Waals surface area contributed by atoms with E-state index in [1.807, 2.05) is 24.3 Å². The van der Waals surface area contributed by atoms with Crippen molar-refractivity contribution >= 4 is 33.7 Å². The zero-order valence-electron chi connectivity index (χ0n) is 13.3. The first-order chi connectivity index (χ1) is 12.5. The Bertz CT molecular complexity index is 963. The summed E-state index contributed by atoms with van der Waals surface area (Å²) in [5.41, 5.74) is 3.84. The smallest absolute Gasteiger partial charge is 0.307 e. The maximum atomic E-state index is 12.1. The average Bonchev–Trinajstić information content (AvgIpc) is 3.13. The molecule has 0 saturated heterocycles. The molecule has 0 bridgehead atoms. The van der Waals surface area contributed by atoms with Crippen LogP contribution in [0.15, 0.2) is 74.7 Å². The summed E-state index contributed by atoms with van der Waals surface area (Å²) >= 11 is 3.34. The summed E-state index contributed by atoms with van der Waals surface area (Å²) in [6.45, 7) is 0. The fourth-order valence-corrected chi connectivity index (χ4v) is 2.40. The number of hydrazone groups is 1. The number of halogens is 1. The number of furan rings is 1. The Morgan fingerprint density at radius 2 is 1.77 bits per heavy atom. The number of hydrogen-bond donors (Lipinski definition) is 1. The van der Waals surface area contributed by atoms with E-state index in [2.05, 4.69) is 26.5 Å². The molecule has 0 aliphatic heterocycles. The number of non-ortho nitro benzene ring substituents is 1. The zero-order valence-corrected chi connectivity index (χ0v) is 14.8. The number of amides is 1. The van der Waals surface area contributed by atoms with Crippen molar-refractivity contribution in [3.05, 3.63) is 86.6 Å². The van der Waals surface area contributed by atoms with Gasteiger partial charge in [0.2, 0.25) is 0 Å². The van der Waals surface area contributed by atoms with Gasteiger partial charge < -0.3 is 4.42 Å². The second kappa shape index (κ2) is 7.75. The predicted octanol–water partition coefficient (Wildman–Crippen LogP) is 4.38. The fraction of sp³-hybridized carbons (Fsp3) is 0. The lowest BCUT2D eigenvalue weighted by Gasteiger charge is -1.98. The summed E-state index contributed by atoms with van der Waals surface area (Å²) in [5.74, 6) is 0.0276. The summed E-state index contributed by atoms with van der Waals surface area (Å²) < 4.78 is 6.44. The number of nitrogens with one attached hydrogen (secondary N) is 1. The van der Waals surface area contributed by atoms with E-state index < -0.39 is 10.8 Å². The van der Waals surface area contributed by atoms with Gasteiger partial charge in [-0.1, -0.05) is 28.1 Å². The van der Waals surface area contributed by atoms with E-state index in [0.717, 1.165) is 10.0 Å². The quantitative estimate of drug-likeness (QED) is 0.381. The van der Waals surface area contributed by atoms with E-state index in [9.17, 15) is 14.9 Å². The van der Waals surface area contributed by atoms with Gasteiger partial charge >= 0.3 is 5.91 Å². The Kier molecular flexibility index (Phi) is 5.23. The van der Waals surface area contributed by atoms with Crippen molar-refractivity contribution in [2.24, 2.45) is 5.10 Å². The molecule has 0 unspecified atom stereocenters. The third kappa shape index (κ3) is 4.22. The van der Waals surface area contributed by atoms with Crippen molar-refractivity contribution in [2.75, 3.05) is 0 Å². The molecule has 26 heavy (non-hydrogen) atoms. The molecule has 3 aromatic rings. The summed E-state index contributed by atoms with van der Waals surface area (Å²) in [7, 11) is 0. The van der Waals surface area contributed by atoms with Gasteiger partial charge in [-0.3, -0.25) is 14.9 Å². The van der Waals surface area contributed by atoms with Gasteiger partial charge in [-0.15, -0.1) is 0 Å². The number of carbonyl (C=O) groups excluding carboxylic acids is 1. The van der Waals surface area contributed by atoms with Crippen LogP contribution in [-0.4, -0.2) is 17.0 Å². The van der Waals surface area contributed by atoms with Gasteiger partial charge in [0.25, 0.3) is 5.69 Å². The van der Waals surface area contributed by atoms with E-state index in [4.69, 9.17) is 4.42 Å². The Hall–Kier alpha value is -3.26. The molecule has 7 nitrogen and oxygen atoms in total. The molecule has 0 radical (unpaired) electrons. The lowest BCUT2D eigenvalue weighted by atomic mass is 10.1. The second-order valence-electron chi connectivity index (χ2n) is 5.22. The summed E-state index contributed by atoms with van der Waals surface area (Å²) in [4.78, 5) is 22.3. The highest BCUT2D eigenvalue weighted by atomic mass is 79.9. The number of rotatable bonds is 5. The second-order valence-corrected chi connectivity index (χ2v) is 6.13. The molecule has 130 valence electrons. The number of hydrogen-bond acceptors (Lipinski definition) is 5. The Morgan fingerprint density at radius 3 is 2.42 bits per heavy atom. The molecule has 0 aliphatic carbocycles. The third-order valence-electron chi connectivity index (χ3n) is 3.44. The Labute approximate surface area is 156 Å². The normalized spacial score (nSPS) is 10.8. The molecule has 0 atom stereocenters. The molecule has 0 spiro atoms. The summed E-state index contributed by atoms with van der Waals surface area (Å²) in [6, 6.07) is 16.4. The van der Waals surface area contributed by atoms with Crippen molar-refractivity contribution in [1.82, 2.24) is 5.43 Å². The highest BCUT2D eigenvalue weighted by molar-refractivity contribution is 9.10. The largest absolute Gasteiger partial charge is 0.451 e. The van der Waals surface area contributed by atoms with E-state index in [0.29, 0.717) is 11.3 Å². The van der Waals surface area contributed by atoms with Crippen LogP contribution in [0.3, 0.4) is 0 Å². The van der Waals surface area contributed by atoms with Crippen LogP contribution in [0.2, 0.25) is 0 Å². The first-order valence-corrected chi connectivity index (χ1v) is 8.26. The molecule has 1 heterocycles. The lowest BCUT2D eigenvalue weighted by molar-refractivity contribution is -0.384. The topological polar surface area (TPSA) is 97.7 Å². The van der Waals surface area contributed by atoms with E-state index in [1.165, 1.54) is 24.4 Å². The van der Waals surface area contributed by atoms with Gasteiger partial charge in [0.05, 0.1) is 11.1 Å². The number of benzene rings is 2. The number of nitro groups is 1. The molecule has 1 amide bonds. The van der Waals surface area contributed by atoms with Crippen LogP contribution < -0.4 is 5.43 Å². The van der Waals surface area contributed by atoms with Gasteiger partial charge in [0.1, 0.15) is 5.76 Å². The summed E-state index contributed by atoms with van der Waals surface area (Å²) in [5, 5.41) is 14.6. The van der Waals surface area contributed by atoms with Crippen molar-refractivity contribution in [1.29, 1.82) is 0 Å². The fourth-order valence-electron chi connectivity index (χ4n) is 2.13. The SMILES string of the molecule is O=C(N/N=C/c1ccc(Br)cc1)c1ccc(-c2ccc([N+](=O)[O-])cc2)o1. The van der Waals surface area contributed by atoms with Crippen molar-refractivity contribution in [3.8, 4) is 11.3 Å². The lowest BCUT2D eigenvalue weighted by Crippen LogP contribution is -2.16. The predicted molar refractivity (Wildman–Crippen MR) is 100 cm³/mol. The van der Waals surface area contributed by atoms with Crippen LogP contribution in [0.25, 0.3) is 11.3 Å². The van der Waals surface area contributed by atoms with Crippen LogP contribution in [-0.2, 0) is 0 Å². The minimum absolute atomic E-state index is 0.0134. The van der Waals surface area contributed by atoms with Crippen molar-refractivity contribution in [2.45, 2.75) is 0 Å². The van der Waals surface area contributed by atoms with Crippen LogP contribution in [0.5, 0.6) is 0 Å². The van der Waals surface area contributed by atoms with E-state index in [1.54, 1.807) is 18.2 Å². The maximum Gasteiger partial charge on any atom is 0.307 e. The molecule has 0 saturated carbocycles. The van der Waals surface area contributed by atoms with Crippen LogP contribution in [0.1, 0.15) is 16.1 Å². The number of nitrogens with zero attached hydrogens (tertiary/aromatic N) is 2. The molecule has 0 aliphatic rings.